The van der Waals surface area contributed by atoms with Gasteiger partial charge < -0.3 is 10.7 Å². The van der Waals surface area contributed by atoms with Gasteiger partial charge in [-0.25, -0.2) is 4.98 Å². The van der Waals surface area contributed by atoms with Crippen molar-refractivity contribution >= 4 is 0 Å². The van der Waals surface area contributed by atoms with E-state index in [0.717, 1.165) is 18.7 Å². The van der Waals surface area contributed by atoms with E-state index in [2.05, 4.69) is 9.97 Å². The molecule has 3 N–H and O–H groups in total. The Morgan fingerprint density at radius 1 is 1.80 bits per heavy atom. The second-order valence-corrected chi connectivity index (χ2v) is 2.55. The molecular weight excluding hydrogens is 126 g/mol. The van der Waals surface area contributed by atoms with Gasteiger partial charge in [0.25, 0.3) is 0 Å². The molecule has 0 fully saturated rings. The van der Waals surface area contributed by atoms with Crippen LogP contribution in [0.1, 0.15) is 19.2 Å². The number of aromatic nitrogens is 2. The zero-order valence-corrected chi connectivity index (χ0v) is 6.17. The number of hydrogen-bond acceptors (Lipinski definition) is 2. The Kier molecular flexibility index (Phi) is 2.45. The minimum Gasteiger partial charge on any atom is -0.349 e. The fourth-order valence-corrected chi connectivity index (χ4v) is 0.799. The van der Waals surface area contributed by atoms with Gasteiger partial charge in [-0.05, 0) is 13.3 Å². The van der Waals surface area contributed by atoms with Crippen molar-refractivity contribution < 1.29 is 0 Å². The molecule has 0 aliphatic carbocycles. The largest absolute Gasteiger partial charge is 0.349 e. The summed E-state index contributed by atoms with van der Waals surface area (Å²) in [5, 5.41) is 0. The maximum absolute atomic E-state index is 5.57. The highest BCUT2D eigenvalue weighted by Crippen LogP contribution is 1.96. The number of nitrogens with two attached hydrogens (primary N) is 1. The van der Waals surface area contributed by atoms with Crippen molar-refractivity contribution in [3.8, 4) is 0 Å². The average molecular weight is 139 g/mol. The molecular formula is C7H13N3. The Bertz CT molecular complexity index is 167. The third-order valence-electron chi connectivity index (χ3n) is 1.39. The summed E-state index contributed by atoms with van der Waals surface area (Å²) in [4.78, 5) is 7.10. The van der Waals surface area contributed by atoms with Crippen molar-refractivity contribution in [1.29, 1.82) is 0 Å². The van der Waals surface area contributed by atoms with Crippen molar-refractivity contribution in [2.75, 3.05) is 0 Å². The van der Waals surface area contributed by atoms with E-state index in [1.807, 2.05) is 13.1 Å². The first-order valence-corrected chi connectivity index (χ1v) is 3.53. The van der Waals surface area contributed by atoms with Crippen LogP contribution in [0.3, 0.4) is 0 Å². The summed E-state index contributed by atoms with van der Waals surface area (Å²) in [6, 6.07) is 0.269. The van der Waals surface area contributed by atoms with Crippen LogP contribution in [0.4, 0.5) is 0 Å². The maximum atomic E-state index is 5.57. The van der Waals surface area contributed by atoms with Gasteiger partial charge in [-0.15, -0.1) is 0 Å². The van der Waals surface area contributed by atoms with E-state index in [1.165, 1.54) is 0 Å². The fraction of sp³-hybridized carbons (Fsp3) is 0.571. The van der Waals surface area contributed by atoms with Gasteiger partial charge in [0.15, 0.2) is 0 Å². The molecule has 3 heteroatoms. The average Bonchev–Trinajstić information content (AvgIpc) is 2.34. The first kappa shape index (κ1) is 7.28. The highest BCUT2D eigenvalue weighted by molar-refractivity contribution is 4.87. The lowest BCUT2D eigenvalue weighted by molar-refractivity contribution is 0.651. The van der Waals surface area contributed by atoms with E-state index in [9.17, 15) is 0 Å². The summed E-state index contributed by atoms with van der Waals surface area (Å²) in [6.07, 6.45) is 5.53. The van der Waals surface area contributed by atoms with Crippen molar-refractivity contribution in [1.82, 2.24) is 9.97 Å². The van der Waals surface area contributed by atoms with Crippen LogP contribution in [0.2, 0.25) is 0 Å². The van der Waals surface area contributed by atoms with Crippen molar-refractivity contribution in [3.05, 3.63) is 18.2 Å². The summed E-state index contributed by atoms with van der Waals surface area (Å²) in [6.45, 7) is 2.00. The summed E-state index contributed by atoms with van der Waals surface area (Å²) in [5.41, 5.74) is 5.57. The van der Waals surface area contributed by atoms with Crippen LogP contribution < -0.4 is 5.73 Å². The number of aromatic amines is 1. The molecule has 0 aliphatic rings. The van der Waals surface area contributed by atoms with Crippen LogP contribution in [0.5, 0.6) is 0 Å². The number of aryl methyl sites for hydroxylation is 1. The van der Waals surface area contributed by atoms with Gasteiger partial charge in [0.2, 0.25) is 0 Å². The molecule has 0 saturated heterocycles. The van der Waals surface area contributed by atoms with E-state index >= 15 is 0 Å². The minimum atomic E-state index is 0.269. The number of H-pyrrole nitrogens is 1. The Balaban J connectivity index is 2.28. The first-order valence-electron chi connectivity index (χ1n) is 3.53. The number of imidazole rings is 1. The SMILES string of the molecule is C[C@H](N)CCc1ncc[nH]1. The number of nitrogens with zero attached hydrogens (tertiary/aromatic N) is 1. The molecule has 1 rings (SSSR count). The quantitative estimate of drug-likeness (QED) is 0.647. The number of nitrogens with one attached hydrogen (secondary N) is 1. The molecule has 1 atom stereocenters. The van der Waals surface area contributed by atoms with Crippen molar-refractivity contribution in [3.63, 3.8) is 0 Å². The van der Waals surface area contributed by atoms with Gasteiger partial charge in [0.1, 0.15) is 5.82 Å². The summed E-state index contributed by atoms with van der Waals surface area (Å²) in [5.74, 6) is 1.03. The molecule has 0 amide bonds. The molecule has 0 radical (unpaired) electrons. The molecule has 0 saturated carbocycles. The lowest BCUT2D eigenvalue weighted by Gasteiger charge is -2.00. The predicted octanol–water partition coefficient (Wildman–Crippen LogP) is 0.690. The molecule has 0 bridgehead atoms. The van der Waals surface area contributed by atoms with Crippen LogP contribution in [0.15, 0.2) is 12.4 Å². The van der Waals surface area contributed by atoms with Gasteiger partial charge in [-0.1, -0.05) is 0 Å². The monoisotopic (exact) mass is 139 g/mol. The molecule has 1 heterocycles. The zero-order valence-electron chi connectivity index (χ0n) is 6.17. The van der Waals surface area contributed by atoms with Crippen molar-refractivity contribution in [2.45, 2.75) is 25.8 Å². The topological polar surface area (TPSA) is 54.7 Å². The lowest BCUT2D eigenvalue weighted by Crippen LogP contribution is -2.15. The van der Waals surface area contributed by atoms with Crippen LogP contribution >= 0.6 is 0 Å². The third-order valence-corrected chi connectivity index (χ3v) is 1.39. The first-order chi connectivity index (χ1) is 4.79. The van der Waals surface area contributed by atoms with Crippen LogP contribution in [0.25, 0.3) is 0 Å². The highest BCUT2D eigenvalue weighted by atomic mass is 14.9. The molecule has 3 nitrogen and oxygen atoms in total. The Morgan fingerprint density at radius 3 is 3.10 bits per heavy atom. The summed E-state index contributed by atoms with van der Waals surface area (Å²) < 4.78 is 0. The van der Waals surface area contributed by atoms with Crippen molar-refractivity contribution in [2.24, 2.45) is 5.73 Å². The summed E-state index contributed by atoms with van der Waals surface area (Å²) >= 11 is 0. The zero-order chi connectivity index (χ0) is 7.40. The maximum Gasteiger partial charge on any atom is 0.106 e. The lowest BCUT2D eigenvalue weighted by atomic mass is 10.2. The predicted molar refractivity (Wildman–Crippen MR) is 40.6 cm³/mol. The minimum absolute atomic E-state index is 0.269. The Hall–Kier alpha value is -0.830. The smallest absolute Gasteiger partial charge is 0.106 e. The van der Waals surface area contributed by atoms with Gasteiger partial charge in [0, 0.05) is 24.9 Å². The van der Waals surface area contributed by atoms with Crippen LogP contribution in [-0.4, -0.2) is 16.0 Å². The van der Waals surface area contributed by atoms with Crippen LogP contribution in [-0.2, 0) is 6.42 Å². The van der Waals surface area contributed by atoms with Crippen LogP contribution in [0, 0.1) is 0 Å². The van der Waals surface area contributed by atoms with E-state index in [4.69, 9.17) is 5.73 Å². The van der Waals surface area contributed by atoms with E-state index in [-0.39, 0.29) is 6.04 Å². The molecule has 56 valence electrons. The third kappa shape index (κ3) is 2.19. The standard InChI is InChI=1S/C7H13N3/c1-6(8)2-3-7-9-4-5-10-7/h4-6H,2-3,8H2,1H3,(H,9,10)/t6-/m0/s1. The van der Waals surface area contributed by atoms with Gasteiger partial charge in [-0.3, -0.25) is 0 Å². The highest BCUT2D eigenvalue weighted by Gasteiger charge is 1.96. The number of rotatable bonds is 3. The van der Waals surface area contributed by atoms with E-state index in [1.54, 1.807) is 6.20 Å². The molecule has 1 aromatic heterocycles. The molecule has 0 aromatic carbocycles. The van der Waals surface area contributed by atoms with Gasteiger partial charge in [0.05, 0.1) is 0 Å². The Labute approximate surface area is 60.7 Å². The fourth-order valence-electron chi connectivity index (χ4n) is 0.799. The second-order valence-electron chi connectivity index (χ2n) is 2.55. The van der Waals surface area contributed by atoms with Gasteiger partial charge >= 0.3 is 0 Å². The van der Waals surface area contributed by atoms with E-state index < -0.39 is 0 Å². The van der Waals surface area contributed by atoms with Gasteiger partial charge in [-0.2, -0.15) is 0 Å². The normalized spacial score (nSPS) is 13.4. The Morgan fingerprint density at radius 2 is 2.60 bits per heavy atom. The second kappa shape index (κ2) is 3.37. The molecule has 0 unspecified atom stereocenters. The van der Waals surface area contributed by atoms with E-state index in [0.29, 0.717) is 0 Å². The number of hydrogen-bond donors (Lipinski definition) is 2. The summed E-state index contributed by atoms with van der Waals surface area (Å²) in [7, 11) is 0. The molecule has 0 aliphatic heterocycles. The molecule has 0 spiro atoms. The molecule has 10 heavy (non-hydrogen) atoms. The molecule has 1 aromatic rings.